The van der Waals surface area contributed by atoms with Gasteiger partial charge < -0.3 is 18.9 Å². The number of benzene rings is 2. The zero-order valence-corrected chi connectivity index (χ0v) is 16.5. The standard InChI is InChI=1S/C22H24O6/c1-13(2)11-19(27-14(3)23)16-9-10-18-20(21(16)25-4)22(24)26-12-15-7-5-6-8-17(15)28-18/h5-10,13,19H,11-12H2,1-4H3/t19-/m1/s1. The van der Waals surface area contributed by atoms with Crippen LogP contribution in [-0.4, -0.2) is 19.0 Å². The molecule has 1 atom stereocenters. The summed E-state index contributed by atoms with van der Waals surface area (Å²) in [6.45, 7) is 5.53. The molecule has 28 heavy (non-hydrogen) atoms. The number of esters is 2. The first kappa shape index (κ1) is 19.7. The SMILES string of the molecule is COc1c([C@@H](CC(C)C)OC(C)=O)ccc2c1C(=O)OCc1ccccc1O2. The summed E-state index contributed by atoms with van der Waals surface area (Å²) in [6.07, 6.45) is 0.0521. The zero-order valence-electron chi connectivity index (χ0n) is 16.5. The van der Waals surface area contributed by atoms with Gasteiger partial charge in [-0.15, -0.1) is 0 Å². The average Bonchev–Trinajstić information content (AvgIpc) is 2.64. The van der Waals surface area contributed by atoms with E-state index in [1.807, 2.05) is 38.1 Å². The van der Waals surface area contributed by atoms with Gasteiger partial charge in [-0.25, -0.2) is 4.79 Å². The predicted octanol–water partition coefficient (Wildman–Crippen LogP) is 4.81. The number of para-hydroxylation sites is 1. The van der Waals surface area contributed by atoms with E-state index in [0.29, 0.717) is 29.2 Å². The number of hydrogen-bond donors (Lipinski definition) is 0. The molecule has 6 heteroatoms. The van der Waals surface area contributed by atoms with Crippen molar-refractivity contribution in [1.29, 1.82) is 0 Å². The quantitative estimate of drug-likeness (QED) is 0.689. The number of carbonyl (C=O) groups excluding carboxylic acids is 2. The molecule has 0 radical (unpaired) electrons. The van der Waals surface area contributed by atoms with Gasteiger partial charge in [-0.05, 0) is 30.5 Å². The van der Waals surface area contributed by atoms with Crippen LogP contribution in [0.15, 0.2) is 36.4 Å². The Hall–Kier alpha value is -3.02. The van der Waals surface area contributed by atoms with Gasteiger partial charge in [-0.3, -0.25) is 4.79 Å². The summed E-state index contributed by atoms with van der Waals surface area (Å²) in [5, 5.41) is 0. The molecular weight excluding hydrogens is 360 g/mol. The first-order valence-corrected chi connectivity index (χ1v) is 9.21. The van der Waals surface area contributed by atoms with Gasteiger partial charge in [0, 0.05) is 18.1 Å². The number of cyclic esters (lactones) is 1. The Balaban J connectivity index is 2.11. The van der Waals surface area contributed by atoms with Gasteiger partial charge in [0.05, 0.1) is 7.11 Å². The van der Waals surface area contributed by atoms with Gasteiger partial charge >= 0.3 is 11.9 Å². The number of methoxy groups -OCH3 is 1. The van der Waals surface area contributed by atoms with Gasteiger partial charge in [0.1, 0.15) is 35.5 Å². The lowest BCUT2D eigenvalue weighted by atomic mass is 9.96. The average molecular weight is 384 g/mol. The van der Waals surface area contributed by atoms with Crippen molar-refractivity contribution in [2.45, 2.75) is 39.9 Å². The predicted molar refractivity (Wildman–Crippen MR) is 103 cm³/mol. The van der Waals surface area contributed by atoms with Crippen LogP contribution < -0.4 is 9.47 Å². The molecule has 0 bridgehead atoms. The van der Waals surface area contributed by atoms with Crippen LogP contribution in [0.2, 0.25) is 0 Å². The zero-order chi connectivity index (χ0) is 20.3. The van der Waals surface area contributed by atoms with Crippen LogP contribution in [0.25, 0.3) is 0 Å². The van der Waals surface area contributed by atoms with E-state index in [1.165, 1.54) is 14.0 Å². The highest BCUT2D eigenvalue weighted by Crippen LogP contribution is 2.42. The maximum atomic E-state index is 12.8. The summed E-state index contributed by atoms with van der Waals surface area (Å²) in [7, 11) is 1.47. The fourth-order valence-corrected chi connectivity index (χ4v) is 3.26. The second kappa shape index (κ2) is 8.33. The number of hydrogen-bond acceptors (Lipinski definition) is 6. The lowest BCUT2D eigenvalue weighted by molar-refractivity contribution is -0.147. The van der Waals surface area contributed by atoms with Crippen LogP contribution in [0.1, 0.15) is 54.8 Å². The van der Waals surface area contributed by atoms with Gasteiger partial charge in [0.25, 0.3) is 0 Å². The molecule has 0 N–H and O–H groups in total. The van der Waals surface area contributed by atoms with Crippen molar-refractivity contribution in [3.63, 3.8) is 0 Å². The molecule has 1 heterocycles. The molecule has 0 spiro atoms. The second-order valence-electron chi connectivity index (χ2n) is 7.07. The topological polar surface area (TPSA) is 71.1 Å². The third kappa shape index (κ3) is 4.11. The van der Waals surface area contributed by atoms with Crippen molar-refractivity contribution in [2.24, 2.45) is 5.92 Å². The Morgan fingerprint density at radius 1 is 1.14 bits per heavy atom. The molecule has 3 rings (SSSR count). The minimum Gasteiger partial charge on any atom is -0.495 e. The highest BCUT2D eigenvalue weighted by Gasteiger charge is 2.30. The number of carbonyl (C=O) groups is 2. The fraction of sp³-hybridized carbons (Fsp3) is 0.364. The normalized spacial score (nSPS) is 14.0. The highest BCUT2D eigenvalue weighted by atomic mass is 16.6. The molecule has 6 nitrogen and oxygen atoms in total. The molecule has 1 aliphatic rings. The fourth-order valence-electron chi connectivity index (χ4n) is 3.26. The summed E-state index contributed by atoms with van der Waals surface area (Å²) in [5.41, 5.74) is 1.58. The smallest absolute Gasteiger partial charge is 0.346 e. The number of ether oxygens (including phenoxy) is 4. The first-order chi connectivity index (χ1) is 13.4. The Kier molecular flexibility index (Phi) is 5.87. The maximum Gasteiger partial charge on any atom is 0.346 e. The van der Waals surface area contributed by atoms with E-state index in [-0.39, 0.29) is 18.1 Å². The van der Waals surface area contributed by atoms with E-state index in [0.717, 1.165) is 5.56 Å². The van der Waals surface area contributed by atoms with Crippen molar-refractivity contribution < 1.29 is 28.5 Å². The van der Waals surface area contributed by atoms with Crippen LogP contribution in [0.3, 0.4) is 0 Å². The van der Waals surface area contributed by atoms with E-state index in [9.17, 15) is 9.59 Å². The van der Waals surface area contributed by atoms with Crippen LogP contribution in [0.4, 0.5) is 0 Å². The van der Waals surface area contributed by atoms with Crippen molar-refractivity contribution in [1.82, 2.24) is 0 Å². The van der Waals surface area contributed by atoms with Gasteiger partial charge in [-0.2, -0.15) is 0 Å². The van der Waals surface area contributed by atoms with Crippen LogP contribution in [-0.2, 0) is 20.9 Å². The summed E-state index contributed by atoms with van der Waals surface area (Å²) in [6, 6.07) is 10.8. The molecule has 148 valence electrons. The monoisotopic (exact) mass is 384 g/mol. The highest BCUT2D eigenvalue weighted by molar-refractivity contribution is 5.96. The van der Waals surface area contributed by atoms with Gasteiger partial charge in [0.15, 0.2) is 0 Å². The van der Waals surface area contributed by atoms with E-state index >= 15 is 0 Å². The minimum atomic E-state index is -0.547. The summed E-state index contributed by atoms with van der Waals surface area (Å²) in [4.78, 5) is 24.4. The van der Waals surface area contributed by atoms with Crippen molar-refractivity contribution >= 4 is 11.9 Å². The Labute approximate surface area is 164 Å². The summed E-state index contributed by atoms with van der Waals surface area (Å²) in [5.74, 6) is 0.579. The maximum absolute atomic E-state index is 12.8. The van der Waals surface area contributed by atoms with E-state index in [4.69, 9.17) is 18.9 Å². The number of fused-ring (bicyclic) bond motifs is 2. The molecule has 0 fully saturated rings. The van der Waals surface area contributed by atoms with E-state index in [2.05, 4.69) is 0 Å². The third-order valence-corrected chi connectivity index (χ3v) is 4.45. The van der Waals surface area contributed by atoms with Crippen molar-refractivity contribution in [3.05, 3.63) is 53.1 Å². The Morgan fingerprint density at radius 2 is 1.89 bits per heavy atom. The Morgan fingerprint density at radius 3 is 2.57 bits per heavy atom. The molecule has 2 aromatic rings. The summed E-state index contributed by atoms with van der Waals surface area (Å²) < 4.78 is 22.6. The molecule has 0 unspecified atom stereocenters. The molecule has 1 aliphatic heterocycles. The molecular formula is C22H24O6. The molecule has 0 saturated heterocycles. The third-order valence-electron chi connectivity index (χ3n) is 4.45. The van der Waals surface area contributed by atoms with Crippen molar-refractivity contribution in [2.75, 3.05) is 7.11 Å². The minimum absolute atomic E-state index is 0.0984. The van der Waals surface area contributed by atoms with Crippen LogP contribution >= 0.6 is 0 Å². The van der Waals surface area contributed by atoms with E-state index in [1.54, 1.807) is 12.1 Å². The second-order valence-corrected chi connectivity index (χ2v) is 7.07. The van der Waals surface area contributed by atoms with Gasteiger partial charge in [0.2, 0.25) is 0 Å². The van der Waals surface area contributed by atoms with Crippen LogP contribution in [0, 0.1) is 5.92 Å². The molecule has 0 amide bonds. The first-order valence-electron chi connectivity index (χ1n) is 9.21. The van der Waals surface area contributed by atoms with Crippen LogP contribution in [0.5, 0.6) is 17.2 Å². The number of rotatable bonds is 5. The molecule has 0 saturated carbocycles. The molecule has 0 aliphatic carbocycles. The van der Waals surface area contributed by atoms with E-state index < -0.39 is 18.0 Å². The lowest BCUT2D eigenvalue weighted by Crippen LogP contribution is -2.17. The molecule has 0 aromatic heterocycles. The largest absolute Gasteiger partial charge is 0.495 e. The lowest BCUT2D eigenvalue weighted by Gasteiger charge is -2.25. The van der Waals surface area contributed by atoms with Gasteiger partial charge in [-0.1, -0.05) is 32.0 Å². The Bertz CT molecular complexity index is 887. The summed E-state index contributed by atoms with van der Waals surface area (Å²) >= 11 is 0. The molecule has 2 aromatic carbocycles. The van der Waals surface area contributed by atoms with Crippen molar-refractivity contribution in [3.8, 4) is 17.2 Å².